The molecule has 2 aromatic rings. The Labute approximate surface area is 110 Å². The normalized spacial score (nSPS) is 11.9. The number of carbonyl (C=O) groups excluding carboxylic acids is 1. The fourth-order valence-electron chi connectivity index (χ4n) is 1.63. The first-order valence-corrected chi connectivity index (χ1v) is 5.90. The number of nitrogens with one attached hydrogen (secondary N) is 1. The third-order valence-corrected chi connectivity index (χ3v) is 2.66. The van der Waals surface area contributed by atoms with E-state index in [1.807, 2.05) is 6.07 Å². The van der Waals surface area contributed by atoms with Crippen molar-refractivity contribution >= 4 is 5.97 Å². The average molecular weight is 258 g/mol. The summed E-state index contributed by atoms with van der Waals surface area (Å²) in [6.07, 6.45) is 1.12. The van der Waals surface area contributed by atoms with Crippen molar-refractivity contribution in [2.45, 2.75) is 20.0 Å². The van der Waals surface area contributed by atoms with E-state index in [9.17, 15) is 9.59 Å². The number of carbonyl (C=O) groups is 1. The van der Waals surface area contributed by atoms with Gasteiger partial charge in [-0.15, -0.1) is 0 Å². The van der Waals surface area contributed by atoms with Gasteiger partial charge in [0.1, 0.15) is 11.7 Å². The molecule has 0 saturated carbocycles. The summed E-state index contributed by atoms with van der Waals surface area (Å²) in [4.78, 5) is 30.2. The summed E-state index contributed by atoms with van der Waals surface area (Å²) in [5.74, 6) is -0.653. The zero-order valence-electron chi connectivity index (χ0n) is 10.7. The number of aromatic nitrogens is 2. The molecule has 2 rings (SSSR count). The third kappa shape index (κ3) is 3.07. The monoisotopic (exact) mass is 258 g/mol. The van der Waals surface area contributed by atoms with E-state index in [0.29, 0.717) is 11.4 Å². The second kappa shape index (κ2) is 5.48. The molecule has 2 heterocycles. The largest absolute Gasteiger partial charge is 0.452 e. The van der Waals surface area contributed by atoms with E-state index in [0.717, 1.165) is 0 Å². The summed E-state index contributed by atoms with van der Waals surface area (Å²) >= 11 is 0. The molecule has 0 aromatic carbocycles. The Morgan fingerprint density at radius 1 is 1.32 bits per heavy atom. The van der Waals surface area contributed by atoms with E-state index in [1.54, 1.807) is 38.2 Å². The number of aryl methyl sites for hydroxylation is 1. The number of hydrogen-bond acceptors (Lipinski definition) is 4. The second-order valence-electron chi connectivity index (χ2n) is 4.19. The molecule has 0 amide bonds. The third-order valence-electron chi connectivity index (χ3n) is 2.66. The zero-order chi connectivity index (χ0) is 13.8. The quantitative estimate of drug-likeness (QED) is 0.855. The lowest BCUT2D eigenvalue weighted by Gasteiger charge is -2.12. The van der Waals surface area contributed by atoms with Crippen LogP contribution in [0.4, 0.5) is 0 Å². The standard InChI is InChI=1S/C14H14N2O3/c1-9-6-7-11(13(17)16-9)14(18)19-10(2)12-5-3-4-8-15-12/h3-8,10H,1-2H3,(H,16,17). The molecule has 1 atom stereocenters. The van der Waals surface area contributed by atoms with Gasteiger partial charge in [-0.2, -0.15) is 0 Å². The van der Waals surface area contributed by atoms with E-state index in [1.165, 1.54) is 6.07 Å². The molecule has 0 aliphatic rings. The predicted octanol–water partition coefficient (Wildman–Crippen LogP) is 2.00. The topological polar surface area (TPSA) is 72.0 Å². The fourth-order valence-corrected chi connectivity index (χ4v) is 1.63. The van der Waals surface area contributed by atoms with Gasteiger partial charge < -0.3 is 9.72 Å². The Morgan fingerprint density at radius 2 is 2.11 bits per heavy atom. The highest BCUT2D eigenvalue weighted by Crippen LogP contribution is 2.14. The van der Waals surface area contributed by atoms with Crippen molar-refractivity contribution in [2.75, 3.05) is 0 Å². The van der Waals surface area contributed by atoms with E-state index >= 15 is 0 Å². The molecule has 19 heavy (non-hydrogen) atoms. The van der Waals surface area contributed by atoms with Crippen molar-refractivity contribution in [2.24, 2.45) is 0 Å². The molecule has 1 unspecified atom stereocenters. The van der Waals surface area contributed by atoms with Crippen LogP contribution in [0.2, 0.25) is 0 Å². The Morgan fingerprint density at radius 3 is 2.74 bits per heavy atom. The van der Waals surface area contributed by atoms with Crippen LogP contribution in [0.1, 0.15) is 34.8 Å². The number of rotatable bonds is 3. The number of pyridine rings is 2. The maximum absolute atomic E-state index is 11.9. The highest BCUT2D eigenvalue weighted by Gasteiger charge is 2.17. The Kier molecular flexibility index (Phi) is 3.75. The molecule has 98 valence electrons. The smallest absolute Gasteiger partial charge is 0.344 e. The average Bonchev–Trinajstić information content (AvgIpc) is 2.39. The SMILES string of the molecule is Cc1ccc(C(=O)OC(C)c2ccccn2)c(=O)[nH]1. The highest BCUT2D eigenvalue weighted by molar-refractivity contribution is 5.89. The minimum atomic E-state index is -0.653. The van der Waals surface area contributed by atoms with Crippen LogP contribution in [0.25, 0.3) is 0 Å². The van der Waals surface area contributed by atoms with Crippen molar-refractivity contribution < 1.29 is 9.53 Å². The summed E-state index contributed by atoms with van der Waals surface area (Å²) in [7, 11) is 0. The molecular weight excluding hydrogens is 244 g/mol. The maximum Gasteiger partial charge on any atom is 0.344 e. The van der Waals surface area contributed by atoms with Crippen LogP contribution in [0.3, 0.4) is 0 Å². The van der Waals surface area contributed by atoms with Crippen LogP contribution in [-0.2, 0) is 4.74 Å². The minimum Gasteiger partial charge on any atom is -0.452 e. The molecule has 0 aliphatic heterocycles. The lowest BCUT2D eigenvalue weighted by molar-refractivity contribution is 0.0327. The van der Waals surface area contributed by atoms with Crippen molar-refractivity contribution in [3.05, 3.63) is 63.8 Å². The fraction of sp³-hybridized carbons (Fsp3) is 0.214. The van der Waals surface area contributed by atoms with Gasteiger partial charge in [-0.1, -0.05) is 6.07 Å². The number of ether oxygens (including phenoxy) is 1. The van der Waals surface area contributed by atoms with E-state index in [-0.39, 0.29) is 5.56 Å². The molecule has 5 heteroatoms. The number of aromatic amines is 1. The van der Waals surface area contributed by atoms with Gasteiger partial charge in [0.2, 0.25) is 0 Å². The lowest BCUT2D eigenvalue weighted by atomic mass is 10.2. The van der Waals surface area contributed by atoms with Crippen molar-refractivity contribution in [1.82, 2.24) is 9.97 Å². The molecule has 2 aromatic heterocycles. The van der Waals surface area contributed by atoms with Gasteiger partial charge in [0, 0.05) is 11.9 Å². The van der Waals surface area contributed by atoms with Gasteiger partial charge in [-0.3, -0.25) is 9.78 Å². The van der Waals surface area contributed by atoms with Gasteiger partial charge in [-0.25, -0.2) is 4.79 Å². The predicted molar refractivity (Wildman–Crippen MR) is 69.9 cm³/mol. The zero-order valence-corrected chi connectivity index (χ0v) is 10.7. The highest BCUT2D eigenvalue weighted by atomic mass is 16.5. The second-order valence-corrected chi connectivity index (χ2v) is 4.19. The van der Waals surface area contributed by atoms with Crippen molar-refractivity contribution in [1.29, 1.82) is 0 Å². The van der Waals surface area contributed by atoms with E-state index in [4.69, 9.17) is 4.74 Å². The molecule has 0 fully saturated rings. The summed E-state index contributed by atoms with van der Waals surface area (Å²) in [5.41, 5.74) is 0.880. The van der Waals surface area contributed by atoms with Gasteiger partial charge in [0.05, 0.1) is 5.69 Å². The molecule has 0 radical (unpaired) electrons. The maximum atomic E-state index is 11.9. The summed E-state index contributed by atoms with van der Waals surface area (Å²) < 4.78 is 5.22. The van der Waals surface area contributed by atoms with Crippen LogP contribution in [0, 0.1) is 6.92 Å². The molecule has 0 aliphatic carbocycles. The van der Waals surface area contributed by atoms with Crippen LogP contribution in [-0.4, -0.2) is 15.9 Å². The first kappa shape index (κ1) is 13.0. The van der Waals surface area contributed by atoms with E-state index in [2.05, 4.69) is 9.97 Å². The van der Waals surface area contributed by atoms with Crippen LogP contribution < -0.4 is 5.56 Å². The molecule has 0 bridgehead atoms. The minimum absolute atomic E-state index is 0.00613. The number of esters is 1. The van der Waals surface area contributed by atoms with Gasteiger partial charge in [0.15, 0.2) is 0 Å². The van der Waals surface area contributed by atoms with Gasteiger partial charge >= 0.3 is 5.97 Å². The number of nitrogens with zero attached hydrogens (tertiary/aromatic N) is 1. The van der Waals surface area contributed by atoms with Crippen LogP contribution in [0.15, 0.2) is 41.3 Å². The number of H-pyrrole nitrogens is 1. The van der Waals surface area contributed by atoms with Crippen molar-refractivity contribution in [3.8, 4) is 0 Å². The first-order valence-electron chi connectivity index (χ1n) is 5.90. The summed E-state index contributed by atoms with van der Waals surface area (Å²) in [6.45, 7) is 3.45. The van der Waals surface area contributed by atoms with Crippen LogP contribution >= 0.6 is 0 Å². The van der Waals surface area contributed by atoms with Crippen molar-refractivity contribution in [3.63, 3.8) is 0 Å². The lowest BCUT2D eigenvalue weighted by Crippen LogP contribution is -2.21. The number of hydrogen-bond donors (Lipinski definition) is 1. The van der Waals surface area contributed by atoms with Crippen LogP contribution in [0.5, 0.6) is 0 Å². The van der Waals surface area contributed by atoms with Gasteiger partial charge in [-0.05, 0) is 38.1 Å². The molecule has 5 nitrogen and oxygen atoms in total. The van der Waals surface area contributed by atoms with E-state index < -0.39 is 17.6 Å². The molecule has 0 saturated heterocycles. The Balaban J connectivity index is 2.15. The first-order chi connectivity index (χ1) is 9.08. The molecular formula is C14H14N2O3. The summed E-state index contributed by atoms with van der Waals surface area (Å²) in [5, 5.41) is 0. The Bertz CT molecular complexity index is 635. The Hall–Kier alpha value is -2.43. The summed E-state index contributed by atoms with van der Waals surface area (Å²) in [6, 6.07) is 8.47. The molecule has 0 spiro atoms. The molecule has 1 N–H and O–H groups in total. The van der Waals surface area contributed by atoms with Gasteiger partial charge in [0.25, 0.3) is 5.56 Å².